The Kier molecular flexibility index (Phi) is 6.39. The first-order valence-corrected chi connectivity index (χ1v) is 12.2. The van der Waals surface area contributed by atoms with Gasteiger partial charge in [0.25, 0.3) is 5.56 Å². The lowest BCUT2D eigenvalue weighted by Gasteiger charge is -2.15. The number of thioether (sulfide) groups is 1. The van der Waals surface area contributed by atoms with Gasteiger partial charge in [-0.25, -0.2) is 9.97 Å². The summed E-state index contributed by atoms with van der Waals surface area (Å²) in [4.78, 5) is 36.9. The summed E-state index contributed by atoms with van der Waals surface area (Å²) in [5, 5.41) is 4.20. The number of halogens is 2. The van der Waals surface area contributed by atoms with Gasteiger partial charge in [-0.1, -0.05) is 41.9 Å². The summed E-state index contributed by atoms with van der Waals surface area (Å²) in [6.45, 7) is 4.35. The number of rotatable bonds is 6. The third-order valence-corrected chi connectivity index (χ3v) is 7.71. The lowest BCUT2D eigenvalue weighted by molar-refractivity contribution is -0.115. The summed E-state index contributed by atoms with van der Waals surface area (Å²) >= 11 is 14.8. The molecule has 1 N–H and O–H groups in total. The monoisotopic (exact) mass is 482 g/mol. The SMILES string of the molecule is CCCn1c(S[C@H](C)C(=O)Nc2ncc(Cl)cc2Cl)nc2sc3c(c2c1=O)CCC3. The summed E-state index contributed by atoms with van der Waals surface area (Å²) in [6, 6.07) is 1.52. The second-order valence-corrected chi connectivity index (χ2v) is 10.4. The Bertz CT molecular complexity index is 1190. The molecule has 3 heterocycles. The molecule has 158 valence electrons. The number of hydrogen-bond donors (Lipinski definition) is 1. The molecule has 30 heavy (non-hydrogen) atoms. The number of nitrogens with zero attached hydrogens (tertiary/aromatic N) is 3. The lowest BCUT2D eigenvalue weighted by Crippen LogP contribution is -2.27. The number of thiophene rings is 1. The Balaban J connectivity index is 1.63. The second-order valence-electron chi connectivity index (χ2n) is 7.12. The van der Waals surface area contributed by atoms with Crippen molar-refractivity contribution in [1.82, 2.24) is 14.5 Å². The average molecular weight is 483 g/mol. The quantitative estimate of drug-likeness (QED) is 0.386. The molecule has 0 saturated heterocycles. The molecule has 3 aromatic rings. The molecule has 3 aromatic heterocycles. The van der Waals surface area contributed by atoms with E-state index in [9.17, 15) is 9.59 Å². The molecular weight excluding hydrogens is 463 g/mol. The van der Waals surface area contributed by atoms with Gasteiger partial charge >= 0.3 is 0 Å². The summed E-state index contributed by atoms with van der Waals surface area (Å²) in [5.74, 6) is -0.0228. The van der Waals surface area contributed by atoms with Crippen LogP contribution in [0.1, 0.15) is 37.1 Å². The number of anilines is 1. The maximum absolute atomic E-state index is 13.3. The van der Waals surface area contributed by atoms with Crippen LogP contribution in [0.2, 0.25) is 10.0 Å². The van der Waals surface area contributed by atoms with E-state index in [-0.39, 0.29) is 22.3 Å². The van der Waals surface area contributed by atoms with Crippen molar-refractivity contribution in [3.05, 3.63) is 43.1 Å². The standard InChI is InChI=1S/C20H20Cl2N4O2S2/c1-3-7-26-19(28)15-12-5-4-6-14(12)30-18(15)25-20(26)29-10(2)17(27)24-16-13(22)8-11(21)9-23-16/h8-10H,3-7H2,1-2H3,(H,23,24,27)/t10-/m1/s1. The molecule has 1 aliphatic carbocycles. The number of nitrogens with one attached hydrogen (secondary N) is 1. The van der Waals surface area contributed by atoms with Gasteiger partial charge in [0.2, 0.25) is 5.91 Å². The van der Waals surface area contributed by atoms with Crippen LogP contribution < -0.4 is 10.9 Å². The molecule has 0 saturated carbocycles. The highest BCUT2D eigenvalue weighted by molar-refractivity contribution is 8.00. The van der Waals surface area contributed by atoms with Gasteiger partial charge in [-0.05, 0) is 44.2 Å². The largest absolute Gasteiger partial charge is 0.308 e. The van der Waals surface area contributed by atoms with E-state index < -0.39 is 5.25 Å². The summed E-state index contributed by atoms with van der Waals surface area (Å²) in [7, 11) is 0. The van der Waals surface area contributed by atoms with Crippen LogP contribution in [0.25, 0.3) is 10.2 Å². The molecule has 0 fully saturated rings. The van der Waals surface area contributed by atoms with Crippen molar-refractivity contribution in [1.29, 1.82) is 0 Å². The number of fused-ring (bicyclic) bond motifs is 3. The molecule has 6 nitrogen and oxygen atoms in total. The van der Waals surface area contributed by atoms with Crippen molar-refractivity contribution in [2.45, 2.75) is 56.5 Å². The van der Waals surface area contributed by atoms with Crippen LogP contribution in [0.5, 0.6) is 0 Å². The Labute approximate surface area is 192 Å². The maximum atomic E-state index is 13.3. The van der Waals surface area contributed by atoms with Crippen molar-refractivity contribution < 1.29 is 4.79 Å². The molecule has 0 spiro atoms. The fourth-order valence-corrected chi connectivity index (χ4v) is 6.17. The summed E-state index contributed by atoms with van der Waals surface area (Å²) in [5.41, 5.74) is 1.17. The van der Waals surface area contributed by atoms with E-state index in [1.807, 2.05) is 6.92 Å². The van der Waals surface area contributed by atoms with Crippen molar-refractivity contribution in [3.63, 3.8) is 0 Å². The van der Waals surface area contributed by atoms with Gasteiger partial charge in [0, 0.05) is 17.6 Å². The third kappa shape index (κ3) is 4.10. The van der Waals surface area contributed by atoms with Crippen LogP contribution in [0.3, 0.4) is 0 Å². The first-order chi connectivity index (χ1) is 14.4. The molecule has 0 unspecified atom stereocenters. The fraction of sp³-hybridized carbons (Fsp3) is 0.400. The van der Waals surface area contributed by atoms with Gasteiger partial charge in [-0.15, -0.1) is 11.3 Å². The number of aromatic nitrogens is 3. The third-order valence-electron chi connectivity index (χ3n) is 4.94. The Morgan fingerprint density at radius 2 is 2.20 bits per heavy atom. The van der Waals surface area contributed by atoms with Gasteiger partial charge in [0.15, 0.2) is 11.0 Å². The molecule has 1 atom stereocenters. The van der Waals surface area contributed by atoms with E-state index in [1.165, 1.54) is 34.5 Å². The second kappa shape index (κ2) is 8.86. The molecule has 0 aliphatic heterocycles. The zero-order valence-corrected chi connectivity index (χ0v) is 19.6. The van der Waals surface area contributed by atoms with E-state index in [0.717, 1.165) is 35.9 Å². The first kappa shape index (κ1) is 21.6. The minimum Gasteiger partial charge on any atom is -0.308 e. The minimum atomic E-state index is -0.502. The number of carbonyl (C=O) groups excluding carboxylic acids is 1. The average Bonchev–Trinajstić information content (AvgIpc) is 3.27. The highest BCUT2D eigenvalue weighted by Crippen LogP contribution is 2.36. The van der Waals surface area contributed by atoms with Gasteiger partial charge in [-0.3, -0.25) is 14.2 Å². The van der Waals surface area contributed by atoms with Crippen LogP contribution in [0.15, 0.2) is 22.2 Å². The van der Waals surface area contributed by atoms with Crippen LogP contribution >= 0.6 is 46.3 Å². The van der Waals surface area contributed by atoms with Crippen molar-refractivity contribution in [2.24, 2.45) is 0 Å². The van der Waals surface area contributed by atoms with E-state index in [1.54, 1.807) is 22.8 Å². The van der Waals surface area contributed by atoms with E-state index >= 15 is 0 Å². The number of carbonyl (C=O) groups is 1. The summed E-state index contributed by atoms with van der Waals surface area (Å²) < 4.78 is 1.70. The molecule has 4 rings (SSSR count). The van der Waals surface area contributed by atoms with Crippen LogP contribution in [-0.4, -0.2) is 25.7 Å². The van der Waals surface area contributed by atoms with Crippen molar-refractivity contribution in [2.75, 3.05) is 5.32 Å². The van der Waals surface area contributed by atoms with Crippen LogP contribution in [0, 0.1) is 0 Å². The zero-order valence-electron chi connectivity index (χ0n) is 16.5. The van der Waals surface area contributed by atoms with E-state index in [0.29, 0.717) is 16.7 Å². The molecule has 1 amide bonds. The first-order valence-electron chi connectivity index (χ1n) is 9.72. The predicted octanol–water partition coefficient (Wildman–Crippen LogP) is 5.18. The molecule has 1 aliphatic rings. The lowest BCUT2D eigenvalue weighted by atomic mass is 10.2. The topological polar surface area (TPSA) is 76.9 Å². The fourth-order valence-electron chi connectivity index (χ4n) is 3.51. The highest BCUT2D eigenvalue weighted by Gasteiger charge is 2.25. The number of amides is 1. The zero-order chi connectivity index (χ0) is 21.4. The van der Waals surface area contributed by atoms with Gasteiger partial charge in [0.1, 0.15) is 4.83 Å². The van der Waals surface area contributed by atoms with Gasteiger partial charge in [-0.2, -0.15) is 0 Å². The molecular formula is C20H20Cl2N4O2S2. The Morgan fingerprint density at radius 3 is 2.93 bits per heavy atom. The van der Waals surface area contributed by atoms with Gasteiger partial charge < -0.3 is 5.32 Å². The van der Waals surface area contributed by atoms with Crippen molar-refractivity contribution >= 4 is 68.2 Å². The number of aryl methyl sites for hydroxylation is 2. The highest BCUT2D eigenvalue weighted by atomic mass is 35.5. The van der Waals surface area contributed by atoms with E-state index in [2.05, 4.69) is 10.3 Å². The van der Waals surface area contributed by atoms with Gasteiger partial charge in [0.05, 0.1) is 20.7 Å². The predicted molar refractivity (Wildman–Crippen MR) is 124 cm³/mol. The van der Waals surface area contributed by atoms with E-state index in [4.69, 9.17) is 28.2 Å². The molecule has 0 radical (unpaired) electrons. The number of pyridine rings is 1. The maximum Gasteiger partial charge on any atom is 0.263 e. The Morgan fingerprint density at radius 1 is 1.40 bits per heavy atom. The van der Waals surface area contributed by atoms with Crippen LogP contribution in [0.4, 0.5) is 5.82 Å². The molecule has 10 heteroatoms. The number of hydrogen-bond acceptors (Lipinski definition) is 6. The molecule has 0 aromatic carbocycles. The van der Waals surface area contributed by atoms with Crippen molar-refractivity contribution in [3.8, 4) is 0 Å². The molecule has 0 bridgehead atoms. The van der Waals surface area contributed by atoms with Crippen LogP contribution in [-0.2, 0) is 24.2 Å². The Hall–Kier alpha value is -1.61. The smallest absolute Gasteiger partial charge is 0.263 e. The minimum absolute atomic E-state index is 0.00114. The normalized spacial score (nSPS) is 14.1. The summed E-state index contributed by atoms with van der Waals surface area (Å²) in [6.07, 6.45) is 5.28.